The minimum atomic E-state index is 0.470. The second-order valence-electron chi connectivity index (χ2n) is 4.73. The molecule has 0 spiro atoms. The summed E-state index contributed by atoms with van der Waals surface area (Å²) in [7, 11) is 2.15. The molecule has 1 heterocycles. The first-order valence-corrected chi connectivity index (χ1v) is 6.96. The van der Waals surface area contributed by atoms with Crippen molar-refractivity contribution >= 4 is 21.6 Å². The van der Waals surface area contributed by atoms with Crippen LogP contribution in [0, 0.1) is 0 Å². The SMILES string of the molecule is CN(c1cncc(Br)c1)C1CCc2ccccc21. The Morgan fingerprint density at radius 2 is 2.11 bits per heavy atom. The van der Waals surface area contributed by atoms with E-state index in [0.29, 0.717) is 6.04 Å². The Kier molecular flexibility index (Phi) is 3.08. The number of benzene rings is 1. The molecule has 0 saturated heterocycles. The average molecular weight is 303 g/mol. The highest BCUT2D eigenvalue weighted by molar-refractivity contribution is 9.10. The van der Waals surface area contributed by atoms with E-state index >= 15 is 0 Å². The van der Waals surface area contributed by atoms with Crippen molar-refractivity contribution in [2.75, 3.05) is 11.9 Å². The minimum absolute atomic E-state index is 0.470. The van der Waals surface area contributed by atoms with E-state index in [-0.39, 0.29) is 0 Å². The van der Waals surface area contributed by atoms with E-state index in [2.05, 4.69) is 63.2 Å². The van der Waals surface area contributed by atoms with E-state index in [1.165, 1.54) is 24.0 Å². The number of aryl methyl sites for hydroxylation is 1. The first kappa shape index (κ1) is 11.7. The molecule has 0 N–H and O–H groups in total. The number of halogens is 1. The molecule has 3 heteroatoms. The van der Waals surface area contributed by atoms with Crippen LogP contribution in [0.25, 0.3) is 0 Å². The van der Waals surface area contributed by atoms with E-state index in [0.717, 1.165) is 10.2 Å². The highest BCUT2D eigenvalue weighted by atomic mass is 79.9. The molecular formula is C15H15BrN2. The van der Waals surface area contributed by atoms with E-state index in [9.17, 15) is 0 Å². The fraction of sp³-hybridized carbons (Fsp3) is 0.267. The third-order valence-corrected chi connectivity index (χ3v) is 4.10. The molecule has 0 aliphatic heterocycles. The Balaban J connectivity index is 1.93. The van der Waals surface area contributed by atoms with Crippen molar-refractivity contribution in [1.82, 2.24) is 4.98 Å². The van der Waals surface area contributed by atoms with Crippen molar-refractivity contribution in [2.24, 2.45) is 0 Å². The van der Waals surface area contributed by atoms with Gasteiger partial charge >= 0.3 is 0 Å². The van der Waals surface area contributed by atoms with Gasteiger partial charge in [0.15, 0.2) is 0 Å². The third-order valence-electron chi connectivity index (χ3n) is 3.67. The molecule has 0 amide bonds. The van der Waals surface area contributed by atoms with Gasteiger partial charge in [-0.25, -0.2) is 0 Å². The maximum Gasteiger partial charge on any atom is 0.0566 e. The fourth-order valence-corrected chi connectivity index (χ4v) is 3.06. The quantitative estimate of drug-likeness (QED) is 0.834. The number of nitrogens with zero attached hydrogens (tertiary/aromatic N) is 2. The lowest BCUT2D eigenvalue weighted by atomic mass is 10.1. The molecule has 1 aromatic heterocycles. The molecular weight excluding hydrogens is 288 g/mol. The summed E-state index contributed by atoms with van der Waals surface area (Å²) in [5.74, 6) is 0. The van der Waals surface area contributed by atoms with E-state index < -0.39 is 0 Å². The zero-order valence-electron chi connectivity index (χ0n) is 10.3. The molecule has 18 heavy (non-hydrogen) atoms. The summed E-state index contributed by atoms with van der Waals surface area (Å²) < 4.78 is 1.03. The molecule has 3 rings (SSSR count). The van der Waals surface area contributed by atoms with Gasteiger partial charge in [0, 0.05) is 17.7 Å². The van der Waals surface area contributed by atoms with Crippen LogP contribution >= 0.6 is 15.9 Å². The monoisotopic (exact) mass is 302 g/mol. The normalized spacial score (nSPS) is 17.6. The van der Waals surface area contributed by atoms with Crippen LogP contribution in [-0.2, 0) is 6.42 Å². The molecule has 0 fully saturated rings. The zero-order valence-corrected chi connectivity index (χ0v) is 11.9. The Bertz CT molecular complexity index is 568. The van der Waals surface area contributed by atoms with Crippen LogP contribution in [0.15, 0.2) is 47.2 Å². The number of hydrogen-bond acceptors (Lipinski definition) is 2. The van der Waals surface area contributed by atoms with E-state index in [4.69, 9.17) is 0 Å². The summed E-state index contributed by atoms with van der Waals surface area (Å²) in [4.78, 5) is 6.57. The van der Waals surface area contributed by atoms with Gasteiger partial charge in [0.05, 0.1) is 17.9 Å². The van der Waals surface area contributed by atoms with Crippen LogP contribution < -0.4 is 4.90 Å². The number of anilines is 1. The van der Waals surface area contributed by atoms with Crippen LogP contribution in [0.5, 0.6) is 0 Å². The summed E-state index contributed by atoms with van der Waals surface area (Å²) in [6.45, 7) is 0. The van der Waals surface area contributed by atoms with Gasteiger partial charge in [-0.05, 0) is 46.0 Å². The van der Waals surface area contributed by atoms with Crippen molar-refractivity contribution in [3.63, 3.8) is 0 Å². The second-order valence-corrected chi connectivity index (χ2v) is 5.64. The maximum absolute atomic E-state index is 4.24. The topological polar surface area (TPSA) is 16.1 Å². The van der Waals surface area contributed by atoms with E-state index in [1.54, 1.807) is 0 Å². The Morgan fingerprint density at radius 3 is 2.94 bits per heavy atom. The lowest BCUT2D eigenvalue weighted by Gasteiger charge is -2.27. The van der Waals surface area contributed by atoms with Gasteiger partial charge in [0.2, 0.25) is 0 Å². The van der Waals surface area contributed by atoms with Crippen LogP contribution in [0.3, 0.4) is 0 Å². The van der Waals surface area contributed by atoms with Gasteiger partial charge in [-0.15, -0.1) is 0 Å². The van der Waals surface area contributed by atoms with Crippen LogP contribution in [0.2, 0.25) is 0 Å². The number of rotatable bonds is 2. The van der Waals surface area contributed by atoms with Crippen LogP contribution in [0.4, 0.5) is 5.69 Å². The molecule has 1 aliphatic carbocycles. The molecule has 0 bridgehead atoms. The van der Waals surface area contributed by atoms with Gasteiger partial charge in [-0.2, -0.15) is 0 Å². The molecule has 1 aromatic carbocycles. The third kappa shape index (κ3) is 2.03. The molecule has 0 radical (unpaired) electrons. The summed E-state index contributed by atoms with van der Waals surface area (Å²) in [6.07, 6.45) is 6.10. The average Bonchev–Trinajstić information content (AvgIpc) is 2.82. The number of hydrogen-bond donors (Lipinski definition) is 0. The van der Waals surface area contributed by atoms with Crippen molar-refractivity contribution < 1.29 is 0 Å². The van der Waals surface area contributed by atoms with Crippen molar-refractivity contribution in [1.29, 1.82) is 0 Å². The molecule has 0 saturated carbocycles. The van der Waals surface area contributed by atoms with E-state index in [1.807, 2.05) is 12.4 Å². The molecule has 2 nitrogen and oxygen atoms in total. The van der Waals surface area contributed by atoms with Gasteiger partial charge in [-0.1, -0.05) is 24.3 Å². The zero-order chi connectivity index (χ0) is 12.5. The summed E-state index contributed by atoms with van der Waals surface area (Å²) in [5.41, 5.74) is 4.10. The van der Waals surface area contributed by atoms with Crippen molar-refractivity contribution in [2.45, 2.75) is 18.9 Å². The highest BCUT2D eigenvalue weighted by Crippen LogP contribution is 2.37. The summed E-state index contributed by atoms with van der Waals surface area (Å²) in [5, 5.41) is 0. The highest BCUT2D eigenvalue weighted by Gasteiger charge is 2.25. The van der Waals surface area contributed by atoms with Crippen LogP contribution in [-0.4, -0.2) is 12.0 Å². The Labute approximate surface area is 116 Å². The fourth-order valence-electron chi connectivity index (χ4n) is 2.71. The predicted octanol–water partition coefficient (Wildman–Crippen LogP) is 3.97. The smallest absolute Gasteiger partial charge is 0.0566 e. The Hall–Kier alpha value is -1.35. The van der Waals surface area contributed by atoms with Gasteiger partial charge in [0.1, 0.15) is 0 Å². The Morgan fingerprint density at radius 1 is 1.28 bits per heavy atom. The standard InChI is InChI=1S/C15H15BrN2/c1-18(13-8-12(16)9-17-10-13)15-7-6-11-4-2-3-5-14(11)15/h2-5,8-10,15H,6-7H2,1H3. The van der Waals surface area contributed by atoms with Crippen molar-refractivity contribution in [3.05, 3.63) is 58.3 Å². The number of pyridine rings is 1. The molecule has 2 aromatic rings. The van der Waals surface area contributed by atoms with Crippen LogP contribution in [0.1, 0.15) is 23.6 Å². The largest absolute Gasteiger partial charge is 0.366 e. The summed E-state index contributed by atoms with van der Waals surface area (Å²) in [6, 6.07) is 11.3. The first-order chi connectivity index (χ1) is 8.75. The van der Waals surface area contributed by atoms with Gasteiger partial charge < -0.3 is 4.90 Å². The first-order valence-electron chi connectivity index (χ1n) is 6.17. The second kappa shape index (κ2) is 4.73. The molecule has 92 valence electrons. The summed E-state index contributed by atoms with van der Waals surface area (Å²) >= 11 is 3.48. The maximum atomic E-state index is 4.24. The molecule has 1 atom stereocenters. The molecule has 1 unspecified atom stereocenters. The van der Waals surface area contributed by atoms with Gasteiger partial charge in [-0.3, -0.25) is 4.98 Å². The number of fused-ring (bicyclic) bond motifs is 1. The lowest BCUT2D eigenvalue weighted by molar-refractivity contribution is 0.661. The van der Waals surface area contributed by atoms with Gasteiger partial charge in [0.25, 0.3) is 0 Å². The van der Waals surface area contributed by atoms with Crippen molar-refractivity contribution in [3.8, 4) is 0 Å². The number of aromatic nitrogens is 1. The predicted molar refractivity (Wildman–Crippen MR) is 77.8 cm³/mol. The lowest BCUT2D eigenvalue weighted by Crippen LogP contribution is -2.22. The minimum Gasteiger partial charge on any atom is -0.366 e. The molecule has 1 aliphatic rings.